The lowest BCUT2D eigenvalue weighted by atomic mass is 10.1. The van der Waals surface area contributed by atoms with E-state index in [1.54, 1.807) is 14.2 Å². The van der Waals surface area contributed by atoms with Crippen LogP contribution >= 0.6 is 0 Å². The van der Waals surface area contributed by atoms with Crippen LogP contribution in [0.15, 0.2) is 0 Å². The van der Waals surface area contributed by atoms with Crippen molar-refractivity contribution in [3.63, 3.8) is 0 Å². The van der Waals surface area contributed by atoms with Gasteiger partial charge in [0.2, 0.25) is 0 Å². The van der Waals surface area contributed by atoms with Gasteiger partial charge in [-0.1, -0.05) is 12.8 Å². The molecular weight excluding hydrogens is 312 g/mol. The van der Waals surface area contributed by atoms with Gasteiger partial charge in [0.25, 0.3) is 0 Å². The highest BCUT2D eigenvalue weighted by Gasteiger charge is 2.07. The van der Waals surface area contributed by atoms with Gasteiger partial charge in [-0.2, -0.15) is 0 Å². The molecule has 0 aromatic carbocycles. The van der Waals surface area contributed by atoms with Gasteiger partial charge in [-0.15, -0.1) is 0 Å². The van der Waals surface area contributed by atoms with Gasteiger partial charge < -0.3 is 18.9 Å². The molecule has 0 rings (SSSR count). The molecule has 24 heavy (non-hydrogen) atoms. The lowest BCUT2D eigenvalue weighted by molar-refractivity contribution is -0.145. The zero-order valence-electron chi connectivity index (χ0n) is 15.7. The zero-order valence-corrected chi connectivity index (χ0v) is 15.7. The average Bonchev–Trinajstić information content (AvgIpc) is 2.57. The quantitative estimate of drug-likeness (QED) is 0.335. The Labute approximate surface area is 146 Å². The molecule has 142 valence electrons. The first-order valence-electron chi connectivity index (χ1n) is 8.86. The van der Waals surface area contributed by atoms with Crippen LogP contribution in [0.2, 0.25) is 0 Å². The molecule has 0 heterocycles. The fourth-order valence-electron chi connectivity index (χ4n) is 1.95. The van der Waals surface area contributed by atoms with Gasteiger partial charge in [0.05, 0.1) is 25.4 Å². The molecule has 0 fully saturated rings. The van der Waals surface area contributed by atoms with Gasteiger partial charge in [-0.05, 0) is 26.7 Å². The summed E-state index contributed by atoms with van der Waals surface area (Å²) in [7, 11) is 3.28. The van der Waals surface area contributed by atoms with E-state index in [-0.39, 0.29) is 24.1 Å². The second-order valence-electron chi connectivity index (χ2n) is 6.03. The molecule has 0 bridgehead atoms. The number of unbranched alkanes of at least 4 members (excludes halogenated alkanes) is 3. The summed E-state index contributed by atoms with van der Waals surface area (Å²) in [4.78, 5) is 23.0. The van der Waals surface area contributed by atoms with Crippen molar-refractivity contribution in [3.05, 3.63) is 0 Å². The van der Waals surface area contributed by atoms with Crippen LogP contribution in [0.4, 0.5) is 0 Å². The minimum Gasteiger partial charge on any atom is -0.466 e. The maximum Gasteiger partial charge on any atom is 0.305 e. The number of ether oxygens (including phenoxy) is 4. The Balaban J connectivity index is 3.40. The van der Waals surface area contributed by atoms with Crippen molar-refractivity contribution in [2.75, 3.05) is 27.4 Å². The number of carbonyl (C=O) groups is 2. The largest absolute Gasteiger partial charge is 0.466 e. The van der Waals surface area contributed by atoms with E-state index in [1.165, 1.54) is 0 Å². The molecule has 2 atom stereocenters. The third-order valence-corrected chi connectivity index (χ3v) is 3.89. The van der Waals surface area contributed by atoms with Crippen molar-refractivity contribution >= 4 is 11.9 Å². The Bertz CT molecular complexity index is 299. The number of hydrogen-bond donors (Lipinski definition) is 0. The molecule has 0 saturated heterocycles. The monoisotopic (exact) mass is 346 g/mol. The van der Waals surface area contributed by atoms with Crippen LogP contribution in [-0.4, -0.2) is 51.6 Å². The minimum atomic E-state index is -0.162. The molecule has 6 heteroatoms. The molecule has 0 spiro atoms. The van der Waals surface area contributed by atoms with Gasteiger partial charge in [0, 0.05) is 39.9 Å². The van der Waals surface area contributed by atoms with Gasteiger partial charge in [0.1, 0.15) is 0 Å². The van der Waals surface area contributed by atoms with E-state index in [9.17, 15) is 9.59 Å². The highest BCUT2D eigenvalue weighted by Crippen LogP contribution is 2.08. The Morgan fingerprint density at radius 1 is 0.708 bits per heavy atom. The summed E-state index contributed by atoms with van der Waals surface area (Å²) in [5, 5.41) is 0. The minimum absolute atomic E-state index is 0.107. The van der Waals surface area contributed by atoms with Crippen molar-refractivity contribution in [2.24, 2.45) is 0 Å². The summed E-state index contributed by atoms with van der Waals surface area (Å²) in [5.74, 6) is -0.324. The van der Waals surface area contributed by atoms with Gasteiger partial charge in [-0.25, -0.2) is 0 Å². The smallest absolute Gasteiger partial charge is 0.305 e. The summed E-state index contributed by atoms with van der Waals surface area (Å²) < 4.78 is 20.4. The van der Waals surface area contributed by atoms with E-state index in [2.05, 4.69) is 0 Å². The first kappa shape index (κ1) is 22.9. The van der Waals surface area contributed by atoms with Gasteiger partial charge in [0.15, 0.2) is 0 Å². The molecule has 0 saturated carbocycles. The maximum atomic E-state index is 11.5. The molecule has 0 aliphatic carbocycles. The number of carbonyl (C=O) groups excluding carboxylic acids is 2. The van der Waals surface area contributed by atoms with Crippen LogP contribution in [0.5, 0.6) is 0 Å². The first-order chi connectivity index (χ1) is 11.5. The Morgan fingerprint density at radius 2 is 1.08 bits per heavy atom. The predicted molar refractivity (Wildman–Crippen MR) is 91.8 cm³/mol. The normalized spacial score (nSPS) is 13.3. The molecule has 0 amide bonds. The summed E-state index contributed by atoms with van der Waals surface area (Å²) in [6.07, 6.45) is 5.92. The number of rotatable bonds is 15. The van der Waals surface area contributed by atoms with E-state index in [0.29, 0.717) is 38.9 Å². The lowest BCUT2D eigenvalue weighted by Gasteiger charge is -2.10. The highest BCUT2D eigenvalue weighted by atomic mass is 16.5. The van der Waals surface area contributed by atoms with E-state index in [0.717, 1.165) is 25.7 Å². The lowest BCUT2D eigenvalue weighted by Crippen LogP contribution is -2.12. The van der Waals surface area contributed by atoms with Crippen molar-refractivity contribution in [1.82, 2.24) is 0 Å². The van der Waals surface area contributed by atoms with Crippen molar-refractivity contribution in [1.29, 1.82) is 0 Å². The van der Waals surface area contributed by atoms with Gasteiger partial charge in [-0.3, -0.25) is 9.59 Å². The van der Waals surface area contributed by atoms with E-state index < -0.39 is 0 Å². The van der Waals surface area contributed by atoms with Crippen LogP contribution in [0.1, 0.15) is 65.2 Å². The maximum absolute atomic E-state index is 11.5. The SMILES string of the molecule is COC(C)CCOC(=O)CCCCCCC(=O)OCCC(C)OC. The fourth-order valence-corrected chi connectivity index (χ4v) is 1.95. The first-order valence-corrected chi connectivity index (χ1v) is 8.86. The predicted octanol–water partition coefficient (Wildman–Crippen LogP) is 3.26. The van der Waals surface area contributed by atoms with Crippen LogP contribution in [-0.2, 0) is 28.5 Å². The van der Waals surface area contributed by atoms with E-state index in [1.807, 2.05) is 13.8 Å². The number of esters is 2. The molecule has 0 N–H and O–H groups in total. The molecule has 0 aliphatic rings. The Kier molecular flexibility index (Phi) is 14.7. The van der Waals surface area contributed by atoms with Gasteiger partial charge >= 0.3 is 11.9 Å². The standard InChI is InChI=1S/C18H34O6/c1-15(21-3)11-13-23-17(19)9-7-5-6-8-10-18(20)24-14-12-16(2)22-4/h15-16H,5-14H2,1-4H3. The molecule has 0 radical (unpaired) electrons. The zero-order chi connectivity index (χ0) is 18.2. The van der Waals surface area contributed by atoms with Crippen molar-refractivity contribution in [3.8, 4) is 0 Å². The summed E-state index contributed by atoms with van der Waals surface area (Å²) >= 11 is 0. The molecule has 6 nitrogen and oxygen atoms in total. The molecule has 0 aliphatic heterocycles. The molecular formula is C18H34O6. The van der Waals surface area contributed by atoms with Crippen LogP contribution < -0.4 is 0 Å². The molecule has 0 aromatic heterocycles. The second-order valence-corrected chi connectivity index (χ2v) is 6.03. The van der Waals surface area contributed by atoms with E-state index in [4.69, 9.17) is 18.9 Å². The molecule has 2 unspecified atom stereocenters. The van der Waals surface area contributed by atoms with Crippen molar-refractivity contribution in [2.45, 2.75) is 77.4 Å². The number of hydrogen-bond acceptors (Lipinski definition) is 6. The molecule has 0 aromatic rings. The van der Waals surface area contributed by atoms with Crippen LogP contribution in [0.25, 0.3) is 0 Å². The van der Waals surface area contributed by atoms with E-state index >= 15 is 0 Å². The third-order valence-electron chi connectivity index (χ3n) is 3.89. The summed E-state index contributed by atoms with van der Waals surface area (Å²) in [6.45, 7) is 4.69. The summed E-state index contributed by atoms with van der Waals surface area (Å²) in [5.41, 5.74) is 0. The van der Waals surface area contributed by atoms with Crippen molar-refractivity contribution < 1.29 is 28.5 Å². The van der Waals surface area contributed by atoms with Crippen LogP contribution in [0.3, 0.4) is 0 Å². The number of methoxy groups -OCH3 is 2. The third kappa shape index (κ3) is 14.5. The summed E-state index contributed by atoms with van der Waals surface area (Å²) in [6, 6.07) is 0. The van der Waals surface area contributed by atoms with Crippen LogP contribution in [0, 0.1) is 0 Å². The Morgan fingerprint density at radius 3 is 1.42 bits per heavy atom. The Hall–Kier alpha value is -1.14. The average molecular weight is 346 g/mol. The topological polar surface area (TPSA) is 71.1 Å². The second kappa shape index (κ2) is 15.4. The fraction of sp³-hybridized carbons (Fsp3) is 0.889. The highest BCUT2D eigenvalue weighted by molar-refractivity contribution is 5.69.